The van der Waals surface area contributed by atoms with Crippen molar-refractivity contribution in [2.75, 3.05) is 12.3 Å². The van der Waals surface area contributed by atoms with Crippen LogP contribution in [0.2, 0.25) is 5.02 Å². The number of anilines is 1. The van der Waals surface area contributed by atoms with Gasteiger partial charge in [-0.3, -0.25) is 0 Å². The van der Waals surface area contributed by atoms with Crippen molar-refractivity contribution in [3.63, 3.8) is 0 Å². The lowest BCUT2D eigenvalue weighted by molar-refractivity contribution is 0.268. The summed E-state index contributed by atoms with van der Waals surface area (Å²) in [6.45, 7) is -0.119. The van der Waals surface area contributed by atoms with Crippen molar-refractivity contribution in [3.8, 4) is 0 Å². The second-order valence-corrected chi connectivity index (χ2v) is 3.00. The van der Waals surface area contributed by atoms with Gasteiger partial charge in [-0.1, -0.05) is 17.7 Å². The van der Waals surface area contributed by atoms with Crippen LogP contribution in [0.3, 0.4) is 0 Å². The topological polar surface area (TPSA) is 72.3 Å². The number of aliphatic hydroxyl groups excluding tert-OH is 1. The second-order valence-electron chi connectivity index (χ2n) is 2.56. The van der Waals surface area contributed by atoms with E-state index < -0.39 is 6.04 Å². The first-order valence-electron chi connectivity index (χ1n) is 3.56. The second kappa shape index (κ2) is 3.76. The van der Waals surface area contributed by atoms with Gasteiger partial charge in [-0.2, -0.15) is 0 Å². The van der Waals surface area contributed by atoms with Crippen LogP contribution in [0.4, 0.5) is 5.69 Å². The summed E-state index contributed by atoms with van der Waals surface area (Å²) in [6, 6.07) is 4.61. The Bertz CT molecular complexity index is 278. The maximum atomic E-state index is 8.77. The van der Waals surface area contributed by atoms with Gasteiger partial charge in [0.1, 0.15) is 0 Å². The minimum atomic E-state index is -0.428. The number of hydrogen-bond acceptors (Lipinski definition) is 3. The average molecular weight is 187 g/mol. The van der Waals surface area contributed by atoms with Gasteiger partial charge in [0.15, 0.2) is 0 Å². The minimum Gasteiger partial charge on any atom is -0.398 e. The number of nitrogen functional groups attached to an aromatic ring is 1. The van der Waals surface area contributed by atoms with Crippen molar-refractivity contribution in [3.05, 3.63) is 28.8 Å². The van der Waals surface area contributed by atoms with Gasteiger partial charge in [0.2, 0.25) is 0 Å². The summed E-state index contributed by atoms with van der Waals surface area (Å²) in [5.41, 5.74) is 12.4. The van der Waals surface area contributed by atoms with Gasteiger partial charge in [-0.25, -0.2) is 0 Å². The molecule has 12 heavy (non-hydrogen) atoms. The van der Waals surface area contributed by atoms with Gasteiger partial charge < -0.3 is 16.6 Å². The molecule has 5 N–H and O–H groups in total. The molecule has 0 aliphatic rings. The zero-order valence-corrected chi connectivity index (χ0v) is 7.25. The maximum Gasteiger partial charge on any atom is 0.0625 e. The molecule has 3 nitrogen and oxygen atoms in total. The van der Waals surface area contributed by atoms with Crippen LogP contribution in [-0.4, -0.2) is 11.7 Å². The third kappa shape index (κ3) is 1.88. The van der Waals surface area contributed by atoms with Crippen LogP contribution in [0.5, 0.6) is 0 Å². The van der Waals surface area contributed by atoms with Crippen LogP contribution >= 0.6 is 11.6 Å². The van der Waals surface area contributed by atoms with Crippen molar-refractivity contribution in [1.82, 2.24) is 0 Å². The van der Waals surface area contributed by atoms with Crippen LogP contribution in [0.1, 0.15) is 11.6 Å². The zero-order valence-electron chi connectivity index (χ0n) is 6.50. The third-order valence-corrected chi connectivity index (χ3v) is 1.88. The van der Waals surface area contributed by atoms with Gasteiger partial charge in [-0.15, -0.1) is 0 Å². The number of halogens is 1. The molecule has 0 aliphatic heterocycles. The molecular weight excluding hydrogens is 176 g/mol. The van der Waals surface area contributed by atoms with Gasteiger partial charge in [0.25, 0.3) is 0 Å². The van der Waals surface area contributed by atoms with Gasteiger partial charge in [0.05, 0.1) is 12.6 Å². The molecule has 0 saturated carbocycles. The first-order chi connectivity index (χ1) is 5.65. The monoisotopic (exact) mass is 186 g/mol. The minimum absolute atomic E-state index is 0.119. The molecule has 0 aliphatic carbocycles. The van der Waals surface area contributed by atoms with E-state index in [0.717, 1.165) is 5.56 Å². The summed E-state index contributed by atoms with van der Waals surface area (Å²) in [7, 11) is 0. The highest BCUT2D eigenvalue weighted by molar-refractivity contribution is 6.30. The van der Waals surface area contributed by atoms with Crippen LogP contribution < -0.4 is 11.5 Å². The standard InChI is InChI=1S/C8H11ClN2O/c9-5-1-2-6(7(10)3-5)8(11)4-12/h1-3,8,12H,4,10-11H2/t8-/m1/s1. The normalized spacial score (nSPS) is 12.9. The summed E-state index contributed by atoms with van der Waals surface area (Å²) >= 11 is 5.68. The summed E-state index contributed by atoms with van der Waals surface area (Å²) in [5.74, 6) is 0. The summed E-state index contributed by atoms with van der Waals surface area (Å²) in [5, 5.41) is 9.34. The smallest absolute Gasteiger partial charge is 0.0625 e. The highest BCUT2D eigenvalue weighted by Crippen LogP contribution is 2.22. The predicted octanol–water partition coefficient (Wildman–Crippen LogP) is 0.914. The Morgan fingerprint density at radius 3 is 2.67 bits per heavy atom. The molecule has 66 valence electrons. The Morgan fingerprint density at radius 2 is 2.17 bits per heavy atom. The van der Waals surface area contributed by atoms with E-state index in [1.54, 1.807) is 18.2 Å². The third-order valence-electron chi connectivity index (χ3n) is 1.65. The van der Waals surface area contributed by atoms with Gasteiger partial charge in [-0.05, 0) is 17.7 Å². The Labute approximate surface area is 75.9 Å². The number of rotatable bonds is 2. The van der Waals surface area contributed by atoms with E-state index in [1.165, 1.54) is 0 Å². The lowest BCUT2D eigenvalue weighted by Crippen LogP contribution is -2.16. The number of hydrogen-bond donors (Lipinski definition) is 3. The molecule has 0 radical (unpaired) electrons. The van der Waals surface area contributed by atoms with Gasteiger partial charge in [0, 0.05) is 10.7 Å². The first-order valence-corrected chi connectivity index (χ1v) is 3.94. The number of benzene rings is 1. The fraction of sp³-hybridized carbons (Fsp3) is 0.250. The molecule has 4 heteroatoms. The molecule has 1 atom stereocenters. The van der Waals surface area contributed by atoms with E-state index in [0.29, 0.717) is 10.7 Å². The fourth-order valence-electron chi connectivity index (χ4n) is 0.982. The van der Waals surface area contributed by atoms with Gasteiger partial charge >= 0.3 is 0 Å². The van der Waals surface area contributed by atoms with Crippen molar-refractivity contribution in [2.45, 2.75) is 6.04 Å². The molecular formula is C8H11ClN2O. The van der Waals surface area contributed by atoms with Crippen molar-refractivity contribution in [1.29, 1.82) is 0 Å². The quantitative estimate of drug-likeness (QED) is 0.602. The van der Waals surface area contributed by atoms with E-state index in [2.05, 4.69) is 0 Å². The SMILES string of the molecule is Nc1cc(Cl)ccc1[C@H](N)CO. The van der Waals surface area contributed by atoms with Crippen LogP contribution in [0, 0.1) is 0 Å². The maximum absolute atomic E-state index is 8.77. The zero-order chi connectivity index (χ0) is 9.14. The largest absolute Gasteiger partial charge is 0.398 e. The Hall–Kier alpha value is -0.770. The number of aliphatic hydroxyl groups is 1. The summed E-state index contributed by atoms with van der Waals surface area (Å²) in [4.78, 5) is 0. The molecule has 0 heterocycles. The van der Waals surface area contributed by atoms with Crippen molar-refractivity contribution >= 4 is 17.3 Å². The molecule has 0 aromatic heterocycles. The van der Waals surface area contributed by atoms with Crippen LogP contribution in [0.25, 0.3) is 0 Å². The molecule has 0 bridgehead atoms. The Morgan fingerprint density at radius 1 is 1.50 bits per heavy atom. The van der Waals surface area contributed by atoms with Crippen LogP contribution in [0.15, 0.2) is 18.2 Å². The van der Waals surface area contributed by atoms with Crippen LogP contribution in [-0.2, 0) is 0 Å². The van der Waals surface area contributed by atoms with Crippen molar-refractivity contribution < 1.29 is 5.11 Å². The predicted molar refractivity (Wildman–Crippen MR) is 49.9 cm³/mol. The highest BCUT2D eigenvalue weighted by Gasteiger charge is 2.07. The van der Waals surface area contributed by atoms with E-state index in [4.69, 9.17) is 28.2 Å². The average Bonchev–Trinajstić information content (AvgIpc) is 2.03. The summed E-state index contributed by atoms with van der Waals surface area (Å²) < 4.78 is 0. The molecule has 0 spiro atoms. The Balaban J connectivity index is 3.01. The molecule has 0 fully saturated rings. The van der Waals surface area contributed by atoms with E-state index >= 15 is 0 Å². The molecule has 0 saturated heterocycles. The Kier molecular flexibility index (Phi) is 2.92. The molecule has 1 rings (SSSR count). The van der Waals surface area contributed by atoms with E-state index in [1.807, 2.05) is 0 Å². The number of nitrogens with two attached hydrogens (primary N) is 2. The van der Waals surface area contributed by atoms with E-state index in [9.17, 15) is 0 Å². The lowest BCUT2D eigenvalue weighted by Gasteiger charge is -2.11. The highest BCUT2D eigenvalue weighted by atomic mass is 35.5. The molecule has 1 aromatic rings. The fourth-order valence-corrected chi connectivity index (χ4v) is 1.16. The molecule has 0 amide bonds. The molecule has 1 aromatic carbocycles. The van der Waals surface area contributed by atoms with Crippen molar-refractivity contribution in [2.24, 2.45) is 5.73 Å². The lowest BCUT2D eigenvalue weighted by atomic mass is 10.1. The molecule has 0 unspecified atom stereocenters. The first kappa shape index (κ1) is 9.32. The van der Waals surface area contributed by atoms with E-state index in [-0.39, 0.29) is 6.61 Å². The summed E-state index contributed by atoms with van der Waals surface area (Å²) in [6.07, 6.45) is 0.